The van der Waals surface area contributed by atoms with Crippen LogP contribution in [0.25, 0.3) is 16.7 Å². The maximum absolute atomic E-state index is 13.3. The highest BCUT2D eigenvalue weighted by Gasteiger charge is 2.29. The number of benzene rings is 2. The maximum atomic E-state index is 13.3. The van der Waals surface area contributed by atoms with Gasteiger partial charge in [0.15, 0.2) is 10.8 Å². The molecule has 1 atom stereocenters. The van der Waals surface area contributed by atoms with Gasteiger partial charge in [-0.1, -0.05) is 23.4 Å². The van der Waals surface area contributed by atoms with Gasteiger partial charge in [-0.3, -0.25) is 14.2 Å². The van der Waals surface area contributed by atoms with Crippen molar-refractivity contribution in [3.8, 4) is 5.69 Å². The van der Waals surface area contributed by atoms with Crippen LogP contribution >= 0.6 is 23.4 Å². The molecule has 1 unspecified atom stereocenters. The van der Waals surface area contributed by atoms with E-state index in [1.807, 2.05) is 55.4 Å². The molecule has 8 nitrogen and oxygen atoms in total. The van der Waals surface area contributed by atoms with Crippen molar-refractivity contribution >= 4 is 51.7 Å². The summed E-state index contributed by atoms with van der Waals surface area (Å²) in [5.74, 6) is 0.464. The molecule has 2 aromatic heterocycles. The van der Waals surface area contributed by atoms with Gasteiger partial charge in [-0.25, -0.2) is 9.67 Å². The summed E-state index contributed by atoms with van der Waals surface area (Å²) in [5.41, 5.74) is 2.85. The van der Waals surface area contributed by atoms with E-state index in [0.717, 1.165) is 17.1 Å². The fraction of sp³-hybridized carbons (Fsp3) is 0.217. The van der Waals surface area contributed by atoms with Gasteiger partial charge >= 0.3 is 0 Å². The van der Waals surface area contributed by atoms with E-state index >= 15 is 0 Å². The highest BCUT2D eigenvalue weighted by molar-refractivity contribution is 7.99. The Labute approximate surface area is 199 Å². The summed E-state index contributed by atoms with van der Waals surface area (Å²) in [6.07, 6.45) is 1.72. The van der Waals surface area contributed by atoms with Gasteiger partial charge in [-0.15, -0.1) is 0 Å². The van der Waals surface area contributed by atoms with Crippen molar-refractivity contribution in [3.05, 3.63) is 70.1 Å². The Morgan fingerprint density at radius 1 is 1.18 bits per heavy atom. The third-order valence-corrected chi connectivity index (χ3v) is 6.88. The van der Waals surface area contributed by atoms with Crippen LogP contribution in [0.15, 0.2) is 64.7 Å². The summed E-state index contributed by atoms with van der Waals surface area (Å²) in [4.78, 5) is 32.7. The average Bonchev–Trinajstić information content (AvgIpc) is 3.40. The normalized spacial score (nSPS) is 14.9. The molecule has 4 aromatic rings. The number of nitrogens with zero attached hydrogens (tertiary/aromatic N) is 5. The Morgan fingerprint density at radius 3 is 2.61 bits per heavy atom. The van der Waals surface area contributed by atoms with Crippen LogP contribution in [-0.4, -0.2) is 45.1 Å². The number of anilines is 2. The van der Waals surface area contributed by atoms with E-state index < -0.39 is 0 Å². The standard InChI is InChI=1S/C23H21ClN6O2S/c1-28(2)16-9-5-15(6-10-16)26-20(31)11-18-13-33-23-27-21-19(22(32)29(18)23)12-25-30(21)17-7-3-14(24)4-8-17/h3-10,12,18H,11,13H2,1-2H3,(H,26,31). The molecule has 0 saturated heterocycles. The van der Waals surface area contributed by atoms with Crippen molar-refractivity contribution in [2.75, 3.05) is 30.1 Å². The maximum Gasteiger partial charge on any atom is 0.265 e. The molecule has 33 heavy (non-hydrogen) atoms. The molecule has 1 aliphatic rings. The molecule has 5 rings (SSSR count). The van der Waals surface area contributed by atoms with Gasteiger partial charge in [-0.05, 0) is 48.5 Å². The molecule has 0 aliphatic carbocycles. The summed E-state index contributed by atoms with van der Waals surface area (Å²) in [5, 5.41) is 8.92. The van der Waals surface area contributed by atoms with E-state index in [4.69, 9.17) is 16.6 Å². The van der Waals surface area contributed by atoms with E-state index in [9.17, 15) is 9.59 Å². The molecule has 168 valence electrons. The van der Waals surface area contributed by atoms with Gasteiger partial charge in [0.2, 0.25) is 5.91 Å². The molecule has 1 aliphatic heterocycles. The predicted molar refractivity (Wildman–Crippen MR) is 132 cm³/mol. The number of hydrogen-bond donors (Lipinski definition) is 1. The van der Waals surface area contributed by atoms with Crippen molar-refractivity contribution in [1.29, 1.82) is 0 Å². The van der Waals surface area contributed by atoms with Crippen LogP contribution in [0, 0.1) is 0 Å². The number of thioether (sulfide) groups is 1. The van der Waals surface area contributed by atoms with Crippen molar-refractivity contribution in [2.45, 2.75) is 17.6 Å². The van der Waals surface area contributed by atoms with Crippen LogP contribution in [0.2, 0.25) is 5.02 Å². The number of hydrogen-bond acceptors (Lipinski definition) is 6. The molecule has 0 bridgehead atoms. The first kappa shape index (κ1) is 21.5. The Morgan fingerprint density at radius 2 is 1.91 bits per heavy atom. The van der Waals surface area contributed by atoms with Crippen molar-refractivity contribution in [2.24, 2.45) is 0 Å². The molecule has 0 spiro atoms. The summed E-state index contributed by atoms with van der Waals surface area (Å²) in [6.45, 7) is 0. The van der Waals surface area contributed by atoms with Crippen LogP contribution in [0.5, 0.6) is 0 Å². The quantitative estimate of drug-likeness (QED) is 0.435. The Hall–Kier alpha value is -3.30. The van der Waals surface area contributed by atoms with Crippen molar-refractivity contribution in [1.82, 2.24) is 19.3 Å². The number of rotatable bonds is 5. The third-order valence-electron chi connectivity index (χ3n) is 5.53. The zero-order valence-electron chi connectivity index (χ0n) is 18.0. The highest BCUT2D eigenvalue weighted by atomic mass is 35.5. The van der Waals surface area contributed by atoms with Gasteiger partial charge < -0.3 is 10.2 Å². The summed E-state index contributed by atoms with van der Waals surface area (Å²) >= 11 is 7.46. The molecule has 0 saturated carbocycles. The van der Waals surface area contributed by atoms with Crippen LogP contribution in [0.1, 0.15) is 12.5 Å². The van der Waals surface area contributed by atoms with E-state index in [2.05, 4.69) is 10.4 Å². The van der Waals surface area contributed by atoms with Gasteiger partial charge in [0.1, 0.15) is 5.39 Å². The monoisotopic (exact) mass is 480 g/mol. The van der Waals surface area contributed by atoms with E-state index in [-0.39, 0.29) is 23.9 Å². The number of carbonyl (C=O) groups is 1. The lowest BCUT2D eigenvalue weighted by Crippen LogP contribution is -2.27. The molecule has 10 heteroatoms. The van der Waals surface area contributed by atoms with Crippen LogP contribution in [0.4, 0.5) is 11.4 Å². The topological polar surface area (TPSA) is 85.1 Å². The number of carbonyl (C=O) groups excluding carboxylic acids is 1. The first-order chi connectivity index (χ1) is 15.9. The number of halogens is 1. The first-order valence-corrected chi connectivity index (χ1v) is 11.7. The van der Waals surface area contributed by atoms with Gasteiger partial charge in [0.05, 0.1) is 17.9 Å². The number of nitrogens with one attached hydrogen (secondary N) is 1. The summed E-state index contributed by atoms with van der Waals surface area (Å²) in [6, 6.07) is 14.5. The minimum absolute atomic E-state index is 0.144. The lowest BCUT2D eigenvalue weighted by atomic mass is 10.2. The minimum atomic E-state index is -0.269. The van der Waals surface area contributed by atoms with Gasteiger partial charge in [0, 0.05) is 42.7 Å². The molecule has 0 fully saturated rings. The molecular weight excluding hydrogens is 460 g/mol. The highest BCUT2D eigenvalue weighted by Crippen LogP contribution is 2.33. The lowest BCUT2D eigenvalue weighted by Gasteiger charge is -2.15. The zero-order valence-corrected chi connectivity index (χ0v) is 19.6. The molecule has 0 radical (unpaired) electrons. The summed E-state index contributed by atoms with van der Waals surface area (Å²) < 4.78 is 3.25. The second-order valence-electron chi connectivity index (χ2n) is 8.00. The zero-order chi connectivity index (χ0) is 23.1. The molecular formula is C23H21ClN6O2S. The number of aromatic nitrogens is 4. The molecule has 2 aromatic carbocycles. The van der Waals surface area contributed by atoms with Crippen LogP contribution < -0.4 is 15.8 Å². The van der Waals surface area contributed by atoms with E-state index in [1.165, 1.54) is 18.0 Å². The smallest absolute Gasteiger partial charge is 0.265 e. The van der Waals surface area contributed by atoms with E-state index in [1.54, 1.807) is 21.4 Å². The van der Waals surface area contributed by atoms with Crippen LogP contribution in [-0.2, 0) is 4.79 Å². The third kappa shape index (κ3) is 4.09. The number of fused-ring (bicyclic) bond motifs is 2. The lowest BCUT2D eigenvalue weighted by molar-refractivity contribution is -0.116. The predicted octanol–water partition coefficient (Wildman–Crippen LogP) is 3.98. The molecule has 1 amide bonds. The van der Waals surface area contributed by atoms with E-state index in [0.29, 0.717) is 27.0 Å². The SMILES string of the molecule is CN(C)c1ccc(NC(=O)CC2CSc3nc4c(cnn4-c4ccc(Cl)cc4)c(=O)n32)cc1. The Bertz CT molecular complexity index is 1400. The fourth-order valence-corrected chi connectivity index (χ4v) is 5.08. The largest absolute Gasteiger partial charge is 0.378 e. The van der Waals surface area contributed by atoms with Crippen molar-refractivity contribution < 1.29 is 4.79 Å². The second-order valence-corrected chi connectivity index (χ2v) is 9.42. The Kier molecular flexibility index (Phi) is 5.59. The first-order valence-electron chi connectivity index (χ1n) is 10.4. The fourth-order valence-electron chi connectivity index (χ4n) is 3.82. The average molecular weight is 481 g/mol. The van der Waals surface area contributed by atoms with Crippen molar-refractivity contribution in [3.63, 3.8) is 0 Å². The Balaban J connectivity index is 1.39. The second kappa shape index (κ2) is 8.57. The number of amides is 1. The van der Waals surface area contributed by atoms with Gasteiger partial charge in [-0.2, -0.15) is 5.10 Å². The summed E-state index contributed by atoms with van der Waals surface area (Å²) in [7, 11) is 3.93. The minimum Gasteiger partial charge on any atom is -0.378 e. The van der Waals surface area contributed by atoms with Gasteiger partial charge in [0.25, 0.3) is 5.56 Å². The molecule has 3 heterocycles. The van der Waals surface area contributed by atoms with Crippen LogP contribution in [0.3, 0.4) is 0 Å². The molecule has 1 N–H and O–H groups in total.